The summed E-state index contributed by atoms with van der Waals surface area (Å²) in [6.45, 7) is 2.37. The van der Waals surface area contributed by atoms with Gasteiger partial charge in [0.2, 0.25) is 0 Å². The van der Waals surface area contributed by atoms with Crippen molar-refractivity contribution in [2.45, 2.75) is 6.92 Å². The largest absolute Gasteiger partial charge is 0.369 e. The van der Waals surface area contributed by atoms with Gasteiger partial charge >= 0.3 is 6.03 Å². The minimum atomic E-state index is -0.317. The van der Waals surface area contributed by atoms with Crippen molar-refractivity contribution in [1.29, 1.82) is 0 Å². The highest BCUT2D eigenvalue weighted by atomic mass is 32.2. The Hall–Kier alpha value is -1.11. The number of carbonyl (C=O) groups excluding carboxylic acids is 1. The zero-order valence-corrected chi connectivity index (χ0v) is 6.94. The lowest BCUT2D eigenvalue weighted by Crippen LogP contribution is -2.31. The van der Waals surface area contributed by atoms with Crippen LogP contribution in [0.1, 0.15) is 6.92 Å². The van der Waals surface area contributed by atoms with Crippen molar-refractivity contribution in [2.75, 3.05) is 6.54 Å². The predicted molar refractivity (Wildman–Crippen MR) is 45.6 cm³/mol. The van der Waals surface area contributed by atoms with Crippen LogP contribution < -0.4 is 21.5 Å². The van der Waals surface area contributed by atoms with Crippen molar-refractivity contribution in [1.82, 2.24) is 10.0 Å². The number of rotatable bonds is 3. The maximum atomic E-state index is 10.6. The highest BCUT2D eigenvalue weighted by molar-refractivity contribution is 7.96. The normalized spacial score (nSPS) is 8.45. The van der Waals surface area contributed by atoms with Crippen LogP contribution in [0.15, 0.2) is 4.40 Å². The summed E-state index contributed by atoms with van der Waals surface area (Å²) < 4.78 is 5.80. The van der Waals surface area contributed by atoms with E-state index in [1.54, 1.807) is 0 Å². The summed E-state index contributed by atoms with van der Waals surface area (Å²) in [5.41, 5.74) is 9.98. The second kappa shape index (κ2) is 5.66. The number of carbonyl (C=O) groups is 1. The van der Waals surface area contributed by atoms with Crippen molar-refractivity contribution in [3.8, 4) is 0 Å². The molecule has 0 bridgehead atoms. The molecular formula is C4H11N5OS. The lowest BCUT2D eigenvalue weighted by molar-refractivity contribution is 0.247. The molecule has 6 N–H and O–H groups in total. The Labute approximate surface area is 69.1 Å². The molecule has 0 aliphatic carbocycles. The van der Waals surface area contributed by atoms with Gasteiger partial charge in [-0.2, -0.15) is 4.40 Å². The molecule has 0 saturated carbocycles. The van der Waals surface area contributed by atoms with Gasteiger partial charge in [-0.15, -0.1) is 0 Å². The number of amides is 2. The maximum absolute atomic E-state index is 10.6. The fraction of sp³-hybridized carbons (Fsp3) is 0.500. The maximum Gasteiger partial charge on any atom is 0.326 e. The molecule has 0 unspecified atom stereocenters. The zero-order valence-electron chi connectivity index (χ0n) is 6.13. The van der Waals surface area contributed by atoms with Gasteiger partial charge in [0.25, 0.3) is 0 Å². The van der Waals surface area contributed by atoms with Gasteiger partial charge in [-0.05, 0) is 6.92 Å². The van der Waals surface area contributed by atoms with Crippen molar-refractivity contribution in [3.63, 3.8) is 0 Å². The quantitative estimate of drug-likeness (QED) is 0.256. The predicted octanol–water partition coefficient (Wildman–Crippen LogP) is -0.858. The van der Waals surface area contributed by atoms with E-state index in [-0.39, 0.29) is 12.0 Å². The lowest BCUT2D eigenvalue weighted by atomic mass is 10.7. The van der Waals surface area contributed by atoms with Gasteiger partial charge in [-0.3, -0.25) is 4.72 Å². The third-order valence-corrected chi connectivity index (χ3v) is 1.21. The van der Waals surface area contributed by atoms with E-state index in [2.05, 4.69) is 14.4 Å². The molecule has 6 nitrogen and oxygen atoms in total. The smallest absolute Gasteiger partial charge is 0.326 e. The number of hydrogen-bond acceptors (Lipinski definition) is 3. The molecule has 64 valence electrons. The molecule has 0 rings (SSSR count). The van der Waals surface area contributed by atoms with Crippen molar-refractivity contribution < 1.29 is 4.79 Å². The van der Waals surface area contributed by atoms with Crippen molar-refractivity contribution in [3.05, 3.63) is 0 Å². The van der Waals surface area contributed by atoms with Gasteiger partial charge in [0.15, 0.2) is 5.96 Å². The minimum absolute atomic E-state index is 0.0770. The molecule has 0 spiro atoms. The molecule has 0 fully saturated rings. The second-order valence-corrected chi connectivity index (χ2v) is 2.14. The first kappa shape index (κ1) is 9.89. The van der Waals surface area contributed by atoms with Crippen molar-refractivity contribution >= 4 is 24.1 Å². The first-order chi connectivity index (χ1) is 5.16. The molecule has 0 atom stereocenters. The number of nitrogens with zero attached hydrogens (tertiary/aromatic N) is 1. The zero-order chi connectivity index (χ0) is 8.69. The van der Waals surface area contributed by atoms with Gasteiger partial charge < -0.3 is 16.8 Å². The summed E-state index contributed by atoms with van der Waals surface area (Å²) in [7, 11) is 0. The molecule has 0 radical (unpaired) electrons. The fourth-order valence-electron chi connectivity index (χ4n) is 0.314. The number of hydrogen-bond donors (Lipinski definition) is 4. The van der Waals surface area contributed by atoms with Gasteiger partial charge in [-0.1, -0.05) is 0 Å². The summed E-state index contributed by atoms with van der Waals surface area (Å²) in [4.78, 5) is 10.6. The monoisotopic (exact) mass is 177 g/mol. The number of nitrogens with two attached hydrogens (primary N) is 2. The Morgan fingerprint density at radius 3 is 2.73 bits per heavy atom. The van der Waals surface area contributed by atoms with E-state index in [1.807, 2.05) is 6.92 Å². The van der Waals surface area contributed by atoms with Gasteiger partial charge in [-0.25, -0.2) is 4.79 Å². The van der Waals surface area contributed by atoms with Crippen LogP contribution in [0.25, 0.3) is 0 Å². The number of urea groups is 1. The third-order valence-electron chi connectivity index (χ3n) is 0.627. The Morgan fingerprint density at radius 2 is 2.27 bits per heavy atom. The summed E-state index contributed by atoms with van der Waals surface area (Å²) in [6, 6.07) is -0.317. The van der Waals surface area contributed by atoms with Crippen LogP contribution in [0, 0.1) is 0 Å². The van der Waals surface area contributed by atoms with Crippen LogP contribution in [0.5, 0.6) is 0 Å². The lowest BCUT2D eigenvalue weighted by Gasteiger charge is -1.99. The van der Waals surface area contributed by atoms with Gasteiger partial charge in [0.1, 0.15) is 0 Å². The minimum Gasteiger partial charge on any atom is -0.369 e. The van der Waals surface area contributed by atoms with Crippen LogP contribution in [-0.4, -0.2) is 18.5 Å². The highest BCUT2D eigenvalue weighted by Gasteiger charge is 1.94. The summed E-state index contributed by atoms with van der Waals surface area (Å²) >= 11 is 0.785. The Bertz CT molecular complexity index is 155. The van der Waals surface area contributed by atoms with Crippen LogP contribution in [0.3, 0.4) is 0 Å². The molecule has 0 aromatic heterocycles. The average Bonchev–Trinajstić information content (AvgIpc) is 1.87. The topological polar surface area (TPSA) is 106 Å². The van der Waals surface area contributed by atoms with E-state index in [1.165, 1.54) is 0 Å². The molecule has 0 aromatic rings. The van der Waals surface area contributed by atoms with Crippen LogP contribution in [0.2, 0.25) is 0 Å². The van der Waals surface area contributed by atoms with E-state index in [4.69, 9.17) is 11.5 Å². The Balaban J connectivity index is 3.39. The molecule has 11 heavy (non-hydrogen) atoms. The van der Waals surface area contributed by atoms with Crippen LogP contribution in [-0.2, 0) is 0 Å². The van der Waals surface area contributed by atoms with E-state index in [9.17, 15) is 4.79 Å². The third kappa shape index (κ3) is 6.78. The van der Waals surface area contributed by atoms with Crippen LogP contribution in [0.4, 0.5) is 4.79 Å². The average molecular weight is 177 g/mol. The number of nitrogens with one attached hydrogen (secondary N) is 2. The summed E-state index contributed by atoms with van der Waals surface area (Å²) in [5, 5.41) is 2.50. The molecule has 0 heterocycles. The summed E-state index contributed by atoms with van der Waals surface area (Å²) in [5.74, 6) is -0.0770. The van der Waals surface area contributed by atoms with E-state index < -0.39 is 0 Å². The Kier molecular flexibility index (Phi) is 5.09. The van der Waals surface area contributed by atoms with Gasteiger partial charge in [0, 0.05) is 6.54 Å². The molecule has 0 aromatic carbocycles. The molecule has 0 aliphatic rings. The molecule has 2 amide bonds. The number of guanidine groups is 1. The highest BCUT2D eigenvalue weighted by Crippen LogP contribution is 1.91. The van der Waals surface area contributed by atoms with E-state index >= 15 is 0 Å². The molecule has 7 heteroatoms. The fourth-order valence-corrected chi connectivity index (χ4v) is 0.620. The second-order valence-electron chi connectivity index (χ2n) is 1.57. The van der Waals surface area contributed by atoms with E-state index in [0.29, 0.717) is 6.54 Å². The van der Waals surface area contributed by atoms with Crippen molar-refractivity contribution in [2.24, 2.45) is 15.9 Å². The molecule has 0 saturated heterocycles. The Morgan fingerprint density at radius 1 is 1.64 bits per heavy atom. The first-order valence-electron chi connectivity index (χ1n) is 2.95. The van der Waals surface area contributed by atoms with E-state index in [0.717, 1.165) is 12.1 Å². The SMILES string of the molecule is CCNC(=O)NSN=C(N)N. The molecule has 0 aliphatic heterocycles. The first-order valence-corrected chi connectivity index (χ1v) is 3.73. The standard InChI is InChI=1S/C4H11N5OS/c1-2-7-4(10)9-11-8-3(5)6/h2H2,1H3,(H4,5,6,8)(H2,7,9,10). The van der Waals surface area contributed by atoms with Gasteiger partial charge in [0.05, 0.1) is 12.1 Å². The van der Waals surface area contributed by atoms with Crippen LogP contribution >= 0.6 is 12.1 Å². The summed E-state index contributed by atoms with van der Waals surface area (Å²) in [6.07, 6.45) is 0. The molecular weight excluding hydrogens is 166 g/mol.